The highest BCUT2D eigenvalue weighted by Crippen LogP contribution is 2.44. The van der Waals surface area contributed by atoms with Gasteiger partial charge in [0.05, 0.1) is 26.4 Å². The van der Waals surface area contributed by atoms with Crippen LogP contribution < -0.4 is 20.1 Å². The summed E-state index contributed by atoms with van der Waals surface area (Å²) in [5.41, 5.74) is 1.66. The lowest BCUT2D eigenvalue weighted by atomic mass is 9.87. The minimum atomic E-state index is -0.639. The molecule has 1 aliphatic carbocycles. The van der Waals surface area contributed by atoms with E-state index in [1.165, 1.54) is 0 Å². The fraction of sp³-hybridized carbons (Fsp3) is 0.400. The average molecular weight is 585 g/mol. The summed E-state index contributed by atoms with van der Waals surface area (Å²) >= 11 is 0. The molecule has 0 bridgehead atoms. The van der Waals surface area contributed by atoms with E-state index in [0.717, 1.165) is 36.1 Å². The molecule has 0 fully saturated rings. The van der Waals surface area contributed by atoms with Gasteiger partial charge in [-0.1, -0.05) is 37.4 Å². The normalized spacial score (nSPS) is 12.0. The van der Waals surface area contributed by atoms with Crippen molar-refractivity contribution in [3.05, 3.63) is 60.7 Å². The van der Waals surface area contributed by atoms with Crippen molar-refractivity contribution < 1.29 is 47.6 Å². The highest BCUT2D eigenvalue weighted by molar-refractivity contribution is 5.98. The number of fused-ring (bicyclic) bond motifs is 2. The first-order valence-electron chi connectivity index (χ1n) is 13.7. The highest BCUT2D eigenvalue weighted by Gasteiger charge is 2.26. The van der Waals surface area contributed by atoms with E-state index in [4.69, 9.17) is 28.4 Å². The van der Waals surface area contributed by atoms with Gasteiger partial charge in [-0.3, -0.25) is 0 Å². The summed E-state index contributed by atoms with van der Waals surface area (Å²) in [5, 5.41) is 6.62. The van der Waals surface area contributed by atoms with Gasteiger partial charge in [0.25, 0.3) is 0 Å². The van der Waals surface area contributed by atoms with E-state index in [0.29, 0.717) is 35.1 Å². The molecule has 2 aromatic carbocycles. The molecule has 0 heterocycles. The average Bonchev–Trinajstić information content (AvgIpc) is 3.01. The van der Waals surface area contributed by atoms with Crippen LogP contribution in [0.4, 0.5) is 9.59 Å². The molecule has 2 aromatic rings. The highest BCUT2D eigenvalue weighted by atomic mass is 16.6. The second kappa shape index (κ2) is 17.4. The Labute approximate surface area is 243 Å². The van der Waals surface area contributed by atoms with Gasteiger partial charge in [0.15, 0.2) is 0 Å². The van der Waals surface area contributed by atoms with E-state index in [9.17, 15) is 19.2 Å². The molecule has 0 saturated carbocycles. The quantitative estimate of drug-likeness (QED) is 0.171. The predicted molar refractivity (Wildman–Crippen MR) is 153 cm³/mol. The van der Waals surface area contributed by atoms with Gasteiger partial charge in [-0.25, -0.2) is 19.2 Å². The number of nitrogens with one attached hydrogen (secondary N) is 2. The van der Waals surface area contributed by atoms with Gasteiger partial charge in [-0.15, -0.1) is 0 Å². The Morgan fingerprint density at radius 1 is 0.667 bits per heavy atom. The first-order chi connectivity index (χ1) is 20.4. The molecular weight excluding hydrogens is 548 g/mol. The zero-order valence-corrected chi connectivity index (χ0v) is 23.4. The third kappa shape index (κ3) is 9.89. The maximum absolute atomic E-state index is 12.7. The zero-order valence-electron chi connectivity index (χ0n) is 23.4. The number of amides is 2. The molecule has 0 saturated heterocycles. The van der Waals surface area contributed by atoms with E-state index in [2.05, 4.69) is 23.8 Å². The Hall–Kier alpha value is -4.42. The lowest BCUT2D eigenvalue weighted by Gasteiger charge is -2.24. The summed E-state index contributed by atoms with van der Waals surface area (Å²) in [4.78, 5) is 47.4. The number of hydrogen-bond donors (Lipinski definition) is 2. The lowest BCUT2D eigenvalue weighted by Crippen LogP contribution is -2.31. The summed E-state index contributed by atoms with van der Waals surface area (Å²) in [6, 6.07) is 7.28. The summed E-state index contributed by atoms with van der Waals surface area (Å²) in [6.07, 6.45) is 4.00. The van der Waals surface area contributed by atoms with Crippen molar-refractivity contribution in [2.75, 3.05) is 52.7 Å². The summed E-state index contributed by atoms with van der Waals surface area (Å²) in [5.74, 6) is -0.179. The molecule has 2 N–H and O–H groups in total. The summed E-state index contributed by atoms with van der Waals surface area (Å²) in [7, 11) is 0. The SMILES string of the molecule is C=CC(=O)OCCOCCNC(=O)Oc1c2c(c(OC(=O)NCCOCCOC(=O)C=C)c3ccccc13)CCCC2. The van der Waals surface area contributed by atoms with Crippen LogP contribution in [-0.4, -0.2) is 76.9 Å². The Bertz CT molecular complexity index is 1180. The molecule has 12 heteroatoms. The predicted octanol–water partition coefficient (Wildman–Crippen LogP) is 3.39. The minimum Gasteiger partial charge on any atom is -0.460 e. The molecular formula is C30H36N2O10. The molecule has 0 spiro atoms. The van der Waals surface area contributed by atoms with Crippen molar-refractivity contribution in [1.82, 2.24) is 10.6 Å². The number of carbonyl (C=O) groups excluding carboxylic acids is 4. The molecule has 0 aliphatic heterocycles. The van der Waals surface area contributed by atoms with Crippen molar-refractivity contribution in [3.8, 4) is 11.5 Å². The first kappa shape index (κ1) is 32.1. The molecule has 1 aliphatic rings. The second-order valence-corrected chi connectivity index (χ2v) is 8.97. The second-order valence-electron chi connectivity index (χ2n) is 8.97. The zero-order chi connectivity index (χ0) is 30.2. The Kier molecular flexibility index (Phi) is 13.3. The van der Waals surface area contributed by atoms with Crippen LogP contribution in [0.25, 0.3) is 10.8 Å². The van der Waals surface area contributed by atoms with Crippen molar-refractivity contribution in [3.63, 3.8) is 0 Å². The number of rotatable bonds is 16. The van der Waals surface area contributed by atoms with Gasteiger partial charge < -0.3 is 39.1 Å². The van der Waals surface area contributed by atoms with Crippen molar-refractivity contribution >= 4 is 34.9 Å². The van der Waals surface area contributed by atoms with Crippen LogP contribution in [0.5, 0.6) is 11.5 Å². The van der Waals surface area contributed by atoms with Crippen LogP contribution in [-0.2, 0) is 41.4 Å². The van der Waals surface area contributed by atoms with E-state index in [1.54, 1.807) is 0 Å². The number of esters is 2. The van der Waals surface area contributed by atoms with Gasteiger partial charge in [-0.2, -0.15) is 0 Å². The fourth-order valence-electron chi connectivity index (χ4n) is 4.28. The third-order valence-corrected chi connectivity index (χ3v) is 6.13. The maximum atomic E-state index is 12.7. The molecule has 12 nitrogen and oxygen atoms in total. The van der Waals surface area contributed by atoms with Crippen LogP contribution in [0.1, 0.15) is 24.0 Å². The minimum absolute atomic E-state index is 0.0860. The maximum Gasteiger partial charge on any atom is 0.412 e. The smallest absolute Gasteiger partial charge is 0.412 e. The number of carbonyl (C=O) groups is 4. The summed E-state index contributed by atoms with van der Waals surface area (Å²) in [6.45, 7) is 7.96. The Morgan fingerprint density at radius 3 is 1.50 bits per heavy atom. The standard InChI is InChI=1S/C30H36N2O10/c1-3-25(33)39-19-17-37-15-13-31-29(35)41-27-21-9-5-7-11-23(21)28(24-12-8-6-10-22(24)27)42-30(36)32-14-16-38-18-20-40-26(34)4-2/h3-5,7,9,11H,1-2,6,8,10,12-20H2,(H,31,35)(H,32,36). The van der Waals surface area contributed by atoms with E-state index in [-0.39, 0.29) is 52.7 Å². The third-order valence-electron chi connectivity index (χ3n) is 6.13. The number of ether oxygens (including phenoxy) is 6. The topological polar surface area (TPSA) is 148 Å². The van der Waals surface area contributed by atoms with Gasteiger partial charge in [0.2, 0.25) is 0 Å². The first-order valence-corrected chi connectivity index (χ1v) is 13.7. The van der Waals surface area contributed by atoms with Crippen LogP contribution >= 0.6 is 0 Å². The number of benzene rings is 2. The molecule has 0 aromatic heterocycles. The number of hydrogen-bond acceptors (Lipinski definition) is 10. The van der Waals surface area contributed by atoms with Crippen LogP contribution in [0.3, 0.4) is 0 Å². The lowest BCUT2D eigenvalue weighted by molar-refractivity contribution is -0.140. The van der Waals surface area contributed by atoms with Crippen LogP contribution in [0.2, 0.25) is 0 Å². The van der Waals surface area contributed by atoms with Gasteiger partial charge >= 0.3 is 24.1 Å². The van der Waals surface area contributed by atoms with Crippen molar-refractivity contribution in [2.24, 2.45) is 0 Å². The van der Waals surface area contributed by atoms with Crippen LogP contribution in [0.15, 0.2) is 49.6 Å². The molecule has 0 atom stereocenters. The molecule has 226 valence electrons. The van der Waals surface area contributed by atoms with Gasteiger partial charge in [-0.05, 0) is 25.7 Å². The van der Waals surface area contributed by atoms with Gasteiger partial charge in [0.1, 0.15) is 24.7 Å². The largest absolute Gasteiger partial charge is 0.460 e. The monoisotopic (exact) mass is 584 g/mol. The van der Waals surface area contributed by atoms with E-state index >= 15 is 0 Å². The van der Waals surface area contributed by atoms with E-state index in [1.807, 2.05) is 24.3 Å². The van der Waals surface area contributed by atoms with Gasteiger partial charge in [0, 0.05) is 47.1 Å². The Morgan fingerprint density at radius 2 is 1.10 bits per heavy atom. The molecule has 0 radical (unpaired) electrons. The summed E-state index contributed by atoms with van der Waals surface area (Å²) < 4.78 is 31.9. The molecule has 42 heavy (non-hydrogen) atoms. The van der Waals surface area contributed by atoms with E-state index < -0.39 is 24.1 Å². The molecule has 0 unspecified atom stereocenters. The molecule has 3 rings (SSSR count). The molecule has 2 amide bonds. The van der Waals surface area contributed by atoms with Crippen molar-refractivity contribution in [1.29, 1.82) is 0 Å². The van der Waals surface area contributed by atoms with Crippen LogP contribution in [0, 0.1) is 0 Å². The fourth-order valence-corrected chi connectivity index (χ4v) is 4.28. The Balaban J connectivity index is 1.59. The van der Waals surface area contributed by atoms with Crippen molar-refractivity contribution in [2.45, 2.75) is 25.7 Å².